The zero-order chi connectivity index (χ0) is 16.4. The number of nitrogens with one attached hydrogen (secondary N) is 2. The van der Waals surface area contributed by atoms with Crippen molar-refractivity contribution < 1.29 is 14.9 Å². The first-order valence-electron chi connectivity index (χ1n) is 7.93. The van der Waals surface area contributed by atoms with Crippen LogP contribution >= 0.6 is 23.2 Å². The maximum Gasteiger partial charge on any atom is 0.279 e. The minimum Gasteiger partial charge on any atom is -0.342 e. The number of halogens is 2. The Bertz CT molecular complexity index is 623. The van der Waals surface area contributed by atoms with Crippen LogP contribution in [-0.2, 0) is 9.59 Å². The number of hydrogen-bond donors (Lipinski definition) is 3. The Morgan fingerprint density at radius 2 is 2.04 bits per heavy atom. The number of rotatable bonds is 3. The Balaban J connectivity index is 1.58. The second kappa shape index (κ2) is 7.07. The Labute approximate surface area is 145 Å². The van der Waals surface area contributed by atoms with Gasteiger partial charge in [0.2, 0.25) is 5.91 Å². The van der Waals surface area contributed by atoms with Crippen molar-refractivity contribution in [3.05, 3.63) is 28.2 Å². The van der Waals surface area contributed by atoms with Crippen molar-refractivity contribution in [1.29, 1.82) is 0 Å². The van der Waals surface area contributed by atoms with Crippen molar-refractivity contribution in [2.75, 3.05) is 5.32 Å². The summed E-state index contributed by atoms with van der Waals surface area (Å²) in [6.07, 6.45) is 4.63. The molecule has 0 unspecified atom stereocenters. The Morgan fingerprint density at radius 1 is 1.26 bits per heavy atom. The predicted octanol–water partition coefficient (Wildman–Crippen LogP) is 1.69. The van der Waals surface area contributed by atoms with Gasteiger partial charge in [-0.15, -0.1) is 0 Å². The lowest BCUT2D eigenvalue weighted by Gasteiger charge is -2.37. The highest BCUT2D eigenvalue weighted by molar-refractivity contribution is 6.42. The molecule has 1 aromatic rings. The first-order chi connectivity index (χ1) is 11.0. The Kier molecular flexibility index (Phi) is 5.09. The van der Waals surface area contributed by atoms with Gasteiger partial charge in [-0.25, -0.2) is 0 Å². The summed E-state index contributed by atoms with van der Waals surface area (Å²) in [5.41, 5.74) is 0.580. The molecule has 1 saturated carbocycles. The summed E-state index contributed by atoms with van der Waals surface area (Å²) in [4.78, 5) is 24.4. The van der Waals surface area contributed by atoms with Crippen LogP contribution in [-0.4, -0.2) is 29.9 Å². The fourth-order valence-electron chi connectivity index (χ4n) is 3.39. The van der Waals surface area contributed by atoms with Crippen LogP contribution < -0.4 is 16.0 Å². The average Bonchev–Trinajstić information content (AvgIpc) is 2.51. The minimum atomic E-state index is -0.364. The van der Waals surface area contributed by atoms with Gasteiger partial charge in [-0.2, -0.15) is 0 Å². The maximum atomic E-state index is 12.2. The quantitative estimate of drug-likeness (QED) is 0.770. The summed E-state index contributed by atoms with van der Waals surface area (Å²) >= 11 is 11.8. The zero-order valence-corrected chi connectivity index (χ0v) is 14.2. The van der Waals surface area contributed by atoms with Crippen LogP contribution in [0.4, 0.5) is 5.69 Å². The second-order valence-corrected chi connectivity index (χ2v) is 7.06. The number of piperazine rings is 1. The van der Waals surface area contributed by atoms with Gasteiger partial charge >= 0.3 is 0 Å². The molecule has 3 atom stereocenters. The van der Waals surface area contributed by atoms with Crippen molar-refractivity contribution in [2.24, 2.45) is 0 Å². The predicted molar refractivity (Wildman–Crippen MR) is 89.6 cm³/mol. The van der Waals surface area contributed by atoms with E-state index in [1.807, 2.05) is 0 Å². The molecular weight excluding hydrogens is 337 g/mol. The van der Waals surface area contributed by atoms with Crippen LogP contribution in [0.15, 0.2) is 18.2 Å². The third-order valence-electron chi connectivity index (χ3n) is 4.57. The van der Waals surface area contributed by atoms with Crippen molar-refractivity contribution >= 4 is 40.7 Å². The molecule has 1 saturated heterocycles. The lowest BCUT2D eigenvalue weighted by atomic mass is 9.87. The number of quaternary nitrogens is 1. The zero-order valence-electron chi connectivity index (χ0n) is 12.6. The normalized spacial score (nSPS) is 27.0. The van der Waals surface area contributed by atoms with Crippen molar-refractivity contribution in [1.82, 2.24) is 5.32 Å². The van der Waals surface area contributed by atoms with Crippen LogP contribution in [0.3, 0.4) is 0 Å². The molecule has 1 heterocycles. The average molecular weight is 357 g/mol. The number of anilines is 1. The van der Waals surface area contributed by atoms with Gasteiger partial charge in [0.25, 0.3) is 5.91 Å². The first-order valence-corrected chi connectivity index (χ1v) is 8.69. The molecule has 0 spiro atoms. The summed E-state index contributed by atoms with van der Waals surface area (Å²) in [6.45, 7) is 0. The largest absolute Gasteiger partial charge is 0.342 e. The highest BCUT2D eigenvalue weighted by Crippen LogP contribution is 2.25. The minimum absolute atomic E-state index is 0.0440. The van der Waals surface area contributed by atoms with E-state index in [1.54, 1.807) is 18.2 Å². The fourth-order valence-corrected chi connectivity index (χ4v) is 3.69. The smallest absolute Gasteiger partial charge is 0.279 e. The number of carbonyl (C=O) groups is 2. The number of carbonyl (C=O) groups excluding carboxylic acids is 2. The molecule has 4 N–H and O–H groups in total. The monoisotopic (exact) mass is 356 g/mol. The van der Waals surface area contributed by atoms with Gasteiger partial charge in [0.1, 0.15) is 6.04 Å². The van der Waals surface area contributed by atoms with E-state index in [1.165, 1.54) is 6.42 Å². The lowest BCUT2D eigenvalue weighted by molar-refractivity contribution is -0.718. The van der Waals surface area contributed by atoms with Crippen LogP contribution in [0.25, 0.3) is 0 Å². The molecule has 3 rings (SSSR count). The van der Waals surface area contributed by atoms with Gasteiger partial charge in [0.15, 0.2) is 6.04 Å². The van der Waals surface area contributed by atoms with Crippen LogP contribution in [0.1, 0.15) is 32.1 Å². The molecule has 0 bridgehead atoms. The summed E-state index contributed by atoms with van der Waals surface area (Å²) in [5.74, 6) is -0.244. The molecule has 2 aliphatic rings. The summed E-state index contributed by atoms with van der Waals surface area (Å²) in [7, 11) is 0. The summed E-state index contributed by atoms with van der Waals surface area (Å²) in [6, 6.07) is 5.20. The van der Waals surface area contributed by atoms with Crippen molar-refractivity contribution in [3.63, 3.8) is 0 Å². The van der Waals surface area contributed by atoms with E-state index in [4.69, 9.17) is 23.2 Å². The van der Waals surface area contributed by atoms with E-state index >= 15 is 0 Å². The number of nitrogens with two attached hydrogens (primary N) is 1. The standard InChI is InChI=1S/C16H19Cl2N3O2/c17-10-6-5-9(7-11(10)18)19-15(22)8-14-16(23)21-13-4-2-1-3-12(13)20-14/h5-7,12-14,20H,1-4,8H2,(H,19,22)(H,21,23)/p+1/t12-,13+,14+/m1/s1. The molecule has 5 nitrogen and oxygen atoms in total. The summed E-state index contributed by atoms with van der Waals surface area (Å²) < 4.78 is 0. The highest BCUT2D eigenvalue weighted by atomic mass is 35.5. The van der Waals surface area contributed by atoms with Gasteiger partial charge in [-0.05, 0) is 31.0 Å². The molecule has 0 aromatic heterocycles. The summed E-state index contributed by atoms with van der Waals surface area (Å²) in [5, 5.41) is 8.72. The number of benzene rings is 1. The molecule has 1 aliphatic carbocycles. The van der Waals surface area contributed by atoms with Crippen molar-refractivity contribution in [3.8, 4) is 0 Å². The maximum absolute atomic E-state index is 12.2. The van der Waals surface area contributed by atoms with Gasteiger partial charge in [0.05, 0.1) is 22.5 Å². The molecular formula is C16H20Cl2N3O2+. The molecule has 2 amide bonds. The lowest BCUT2D eigenvalue weighted by Crippen LogP contribution is -3.03. The van der Waals surface area contributed by atoms with Gasteiger partial charge in [-0.1, -0.05) is 29.6 Å². The van der Waals surface area contributed by atoms with E-state index in [2.05, 4.69) is 16.0 Å². The third-order valence-corrected chi connectivity index (χ3v) is 5.31. The molecule has 2 fully saturated rings. The molecule has 124 valence electrons. The SMILES string of the molecule is O=C(C[C@@H]1[NH2+][C@@H]2CCCC[C@@H]2NC1=O)Nc1ccc(Cl)c(Cl)c1. The third kappa shape index (κ3) is 3.97. The van der Waals surface area contributed by atoms with E-state index in [0.717, 1.165) is 19.3 Å². The van der Waals surface area contributed by atoms with E-state index in [-0.39, 0.29) is 30.3 Å². The van der Waals surface area contributed by atoms with Crippen LogP contribution in [0, 0.1) is 0 Å². The second-order valence-electron chi connectivity index (χ2n) is 6.24. The first kappa shape index (κ1) is 16.6. The fraction of sp³-hybridized carbons (Fsp3) is 0.500. The topological polar surface area (TPSA) is 74.8 Å². The van der Waals surface area contributed by atoms with Crippen molar-refractivity contribution in [2.45, 2.75) is 50.2 Å². The van der Waals surface area contributed by atoms with Gasteiger partial charge in [-0.3, -0.25) is 9.59 Å². The van der Waals surface area contributed by atoms with Crippen LogP contribution in [0.5, 0.6) is 0 Å². The molecule has 0 radical (unpaired) electrons. The van der Waals surface area contributed by atoms with Gasteiger partial charge in [0, 0.05) is 12.1 Å². The Morgan fingerprint density at radius 3 is 2.83 bits per heavy atom. The number of hydrogen-bond acceptors (Lipinski definition) is 2. The number of fused-ring (bicyclic) bond motifs is 1. The number of amides is 2. The molecule has 7 heteroatoms. The van der Waals surface area contributed by atoms with Crippen LogP contribution in [0.2, 0.25) is 10.0 Å². The molecule has 23 heavy (non-hydrogen) atoms. The molecule has 1 aromatic carbocycles. The molecule has 1 aliphatic heterocycles. The van der Waals surface area contributed by atoms with Gasteiger partial charge < -0.3 is 16.0 Å². The highest BCUT2D eigenvalue weighted by Gasteiger charge is 2.40. The van der Waals surface area contributed by atoms with E-state index in [9.17, 15) is 9.59 Å². The van der Waals surface area contributed by atoms with E-state index < -0.39 is 0 Å². The Hall–Kier alpha value is -1.30. The van der Waals surface area contributed by atoms with E-state index in [0.29, 0.717) is 21.8 Å².